The van der Waals surface area contributed by atoms with E-state index in [9.17, 15) is 9.90 Å². The van der Waals surface area contributed by atoms with E-state index in [4.69, 9.17) is 4.43 Å². The van der Waals surface area contributed by atoms with E-state index in [0.717, 1.165) is 6.29 Å². The van der Waals surface area contributed by atoms with Crippen molar-refractivity contribution in [2.75, 3.05) is 0 Å². The summed E-state index contributed by atoms with van der Waals surface area (Å²) in [5.41, 5.74) is 0.510. The molecular weight excluding hydrogens is 196 g/mol. The second-order valence-electron chi connectivity index (χ2n) is 4.06. The first-order chi connectivity index (χ1) is 6.42. The third-order valence-corrected chi connectivity index (χ3v) is 2.37. The Balaban J connectivity index is 3.01. The van der Waals surface area contributed by atoms with Gasteiger partial charge in [-0.1, -0.05) is 0 Å². The normalized spacial score (nSPS) is 11.1. The number of benzene rings is 1. The Morgan fingerprint density at radius 2 is 2.00 bits per heavy atom. The molecule has 0 aromatic heterocycles. The van der Waals surface area contributed by atoms with E-state index in [1.165, 1.54) is 6.07 Å². The van der Waals surface area contributed by atoms with Crippen LogP contribution in [0.1, 0.15) is 10.4 Å². The molecule has 0 spiro atoms. The van der Waals surface area contributed by atoms with Gasteiger partial charge in [0.2, 0.25) is 8.32 Å². The summed E-state index contributed by atoms with van der Waals surface area (Å²) in [4.78, 5) is 10.5. The fourth-order valence-electron chi connectivity index (χ4n) is 1.02. The summed E-state index contributed by atoms with van der Waals surface area (Å²) in [5, 5.41) is 9.48. The predicted molar refractivity (Wildman–Crippen MR) is 57.5 cm³/mol. The molecule has 76 valence electrons. The van der Waals surface area contributed by atoms with Gasteiger partial charge >= 0.3 is 0 Å². The van der Waals surface area contributed by atoms with E-state index in [0.29, 0.717) is 11.3 Å². The standard InChI is InChI=1S/C10H14O3Si/c1-14(2,3)13-10-6-8(7-11)4-5-9(10)12/h4-7,12H,1-3H3. The van der Waals surface area contributed by atoms with Gasteiger partial charge in [0.15, 0.2) is 5.75 Å². The Morgan fingerprint density at radius 3 is 2.50 bits per heavy atom. The predicted octanol–water partition coefficient (Wildman–Crippen LogP) is 2.42. The summed E-state index contributed by atoms with van der Waals surface area (Å²) in [6, 6.07) is 4.58. The van der Waals surface area contributed by atoms with Crippen LogP contribution < -0.4 is 4.43 Å². The van der Waals surface area contributed by atoms with Crippen LogP contribution in [0.25, 0.3) is 0 Å². The molecule has 0 heterocycles. The van der Waals surface area contributed by atoms with Crippen molar-refractivity contribution in [2.45, 2.75) is 19.6 Å². The number of carbonyl (C=O) groups is 1. The topological polar surface area (TPSA) is 46.5 Å². The number of hydrogen-bond donors (Lipinski definition) is 1. The van der Waals surface area contributed by atoms with Gasteiger partial charge in [-0.05, 0) is 37.8 Å². The highest BCUT2D eigenvalue weighted by atomic mass is 28.4. The van der Waals surface area contributed by atoms with Crippen molar-refractivity contribution in [3.05, 3.63) is 23.8 Å². The number of carbonyl (C=O) groups excluding carboxylic acids is 1. The molecule has 0 aliphatic carbocycles. The first kappa shape index (κ1) is 10.8. The largest absolute Gasteiger partial charge is 0.542 e. The van der Waals surface area contributed by atoms with Crippen LogP contribution in [0.3, 0.4) is 0 Å². The van der Waals surface area contributed by atoms with Crippen LogP contribution >= 0.6 is 0 Å². The number of phenols is 1. The van der Waals surface area contributed by atoms with E-state index in [2.05, 4.69) is 0 Å². The smallest absolute Gasteiger partial charge is 0.242 e. The second kappa shape index (κ2) is 3.83. The fourth-order valence-corrected chi connectivity index (χ4v) is 1.84. The molecule has 14 heavy (non-hydrogen) atoms. The number of hydrogen-bond acceptors (Lipinski definition) is 3. The maximum absolute atomic E-state index is 10.5. The number of aromatic hydroxyl groups is 1. The molecule has 0 saturated carbocycles. The number of aldehydes is 1. The van der Waals surface area contributed by atoms with Gasteiger partial charge in [0.25, 0.3) is 0 Å². The van der Waals surface area contributed by atoms with E-state index in [1.807, 2.05) is 19.6 Å². The lowest BCUT2D eigenvalue weighted by Crippen LogP contribution is -2.29. The molecule has 0 unspecified atom stereocenters. The minimum absolute atomic E-state index is 0.0815. The van der Waals surface area contributed by atoms with E-state index < -0.39 is 8.32 Å². The molecule has 1 aromatic rings. The molecule has 0 bridgehead atoms. The van der Waals surface area contributed by atoms with E-state index in [-0.39, 0.29) is 5.75 Å². The summed E-state index contributed by atoms with van der Waals surface area (Å²) < 4.78 is 5.60. The molecule has 0 radical (unpaired) electrons. The van der Waals surface area contributed by atoms with Crippen LogP contribution in [0, 0.1) is 0 Å². The highest BCUT2D eigenvalue weighted by molar-refractivity contribution is 6.70. The SMILES string of the molecule is C[Si](C)(C)Oc1cc(C=O)ccc1O. The zero-order valence-electron chi connectivity index (χ0n) is 8.57. The molecule has 1 N–H and O–H groups in total. The highest BCUT2D eigenvalue weighted by Gasteiger charge is 2.18. The van der Waals surface area contributed by atoms with Crippen molar-refractivity contribution in [2.24, 2.45) is 0 Å². The molecular formula is C10H14O3Si. The first-order valence-electron chi connectivity index (χ1n) is 4.39. The summed E-state index contributed by atoms with van der Waals surface area (Å²) in [6.45, 7) is 6.04. The fraction of sp³-hybridized carbons (Fsp3) is 0.300. The van der Waals surface area contributed by atoms with Crippen LogP contribution in [0.15, 0.2) is 18.2 Å². The second-order valence-corrected chi connectivity index (χ2v) is 8.49. The van der Waals surface area contributed by atoms with Gasteiger partial charge in [0.05, 0.1) is 0 Å². The third kappa shape index (κ3) is 2.88. The minimum Gasteiger partial charge on any atom is -0.542 e. The zero-order chi connectivity index (χ0) is 10.8. The van der Waals surface area contributed by atoms with Gasteiger partial charge in [0, 0.05) is 5.56 Å². The van der Waals surface area contributed by atoms with E-state index >= 15 is 0 Å². The molecule has 0 amide bonds. The quantitative estimate of drug-likeness (QED) is 0.615. The minimum atomic E-state index is -1.74. The molecule has 1 aromatic carbocycles. The summed E-state index contributed by atoms with van der Waals surface area (Å²) in [6.07, 6.45) is 0.733. The number of phenolic OH excluding ortho intramolecular Hbond substituents is 1. The molecule has 0 atom stereocenters. The Bertz CT molecular complexity index is 342. The van der Waals surface area contributed by atoms with Crippen molar-refractivity contribution in [3.8, 4) is 11.5 Å². The summed E-state index contributed by atoms with van der Waals surface area (Å²) in [5.74, 6) is 0.479. The van der Waals surface area contributed by atoms with Gasteiger partial charge in [-0.2, -0.15) is 0 Å². The maximum atomic E-state index is 10.5. The van der Waals surface area contributed by atoms with Gasteiger partial charge < -0.3 is 9.53 Å². The Morgan fingerprint density at radius 1 is 1.36 bits per heavy atom. The van der Waals surface area contributed by atoms with Gasteiger partial charge in [-0.3, -0.25) is 4.79 Å². The maximum Gasteiger partial charge on any atom is 0.242 e. The average Bonchev–Trinajstić information content (AvgIpc) is 2.06. The lowest BCUT2D eigenvalue weighted by molar-refractivity contribution is 0.112. The number of rotatable bonds is 3. The monoisotopic (exact) mass is 210 g/mol. The van der Waals surface area contributed by atoms with Crippen molar-refractivity contribution in [1.82, 2.24) is 0 Å². The Labute approximate surface area is 84.5 Å². The third-order valence-electron chi connectivity index (χ3n) is 1.54. The lowest BCUT2D eigenvalue weighted by Gasteiger charge is -2.19. The van der Waals surface area contributed by atoms with Crippen molar-refractivity contribution >= 4 is 14.6 Å². The van der Waals surface area contributed by atoms with E-state index in [1.54, 1.807) is 12.1 Å². The van der Waals surface area contributed by atoms with Gasteiger partial charge in [-0.15, -0.1) is 0 Å². The van der Waals surface area contributed by atoms with Crippen molar-refractivity contribution < 1.29 is 14.3 Å². The van der Waals surface area contributed by atoms with Crippen molar-refractivity contribution in [3.63, 3.8) is 0 Å². The average molecular weight is 210 g/mol. The van der Waals surface area contributed by atoms with Crippen LogP contribution in [0.5, 0.6) is 11.5 Å². The van der Waals surface area contributed by atoms with Crippen molar-refractivity contribution in [1.29, 1.82) is 0 Å². The first-order valence-corrected chi connectivity index (χ1v) is 7.80. The molecule has 0 fully saturated rings. The Kier molecular flexibility index (Phi) is 2.95. The van der Waals surface area contributed by atoms with Gasteiger partial charge in [-0.25, -0.2) is 0 Å². The molecule has 0 saturated heterocycles. The van der Waals surface area contributed by atoms with Crippen LogP contribution in [-0.4, -0.2) is 19.7 Å². The molecule has 0 aliphatic rings. The van der Waals surface area contributed by atoms with Crippen LogP contribution in [0.4, 0.5) is 0 Å². The summed E-state index contributed by atoms with van der Waals surface area (Å²) in [7, 11) is -1.74. The highest BCUT2D eigenvalue weighted by Crippen LogP contribution is 2.28. The van der Waals surface area contributed by atoms with Crippen LogP contribution in [-0.2, 0) is 0 Å². The molecule has 4 heteroatoms. The molecule has 3 nitrogen and oxygen atoms in total. The molecule has 0 aliphatic heterocycles. The molecule has 1 rings (SSSR count). The van der Waals surface area contributed by atoms with Crippen LogP contribution in [0.2, 0.25) is 19.6 Å². The lowest BCUT2D eigenvalue weighted by atomic mass is 10.2. The van der Waals surface area contributed by atoms with Gasteiger partial charge in [0.1, 0.15) is 12.0 Å². The zero-order valence-corrected chi connectivity index (χ0v) is 9.57. The Hall–Kier alpha value is -1.29. The summed E-state index contributed by atoms with van der Waals surface area (Å²) >= 11 is 0.